The minimum Gasteiger partial charge on any atom is -0.491 e. The van der Waals surface area contributed by atoms with Gasteiger partial charge in [0.1, 0.15) is 6.61 Å². The van der Waals surface area contributed by atoms with Crippen LogP contribution in [-0.2, 0) is 19.1 Å². The Labute approximate surface area is 74.9 Å². The van der Waals surface area contributed by atoms with Gasteiger partial charge in [0.2, 0.25) is 0 Å². The molecule has 0 aromatic rings. The van der Waals surface area contributed by atoms with E-state index in [1.165, 1.54) is 13.2 Å². The van der Waals surface area contributed by atoms with Gasteiger partial charge in [-0.3, -0.25) is 9.59 Å². The highest BCUT2D eigenvalue weighted by molar-refractivity contribution is 5.94. The van der Waals surface area contributed by atoms with Gasteiger partial charge >= 0.3 is 5.97 Å². The second-order valence-electron chi connectivity index (χ2n) is 2.63. The van der Waals surface area contributed by atoms with E-state index >= 15 is 0 Å². The number of hydrogen-bond donors (Lipinski definition) is 1. The van der Waals surface area contributed by atoms with Gasteiger partial charge in [-0.25, -0.2) is 0 Å². The molecule has 0 spiro atoms. The lowest BCUT2D eigenvalue weighted by atomic mass is 10.1. The quantitative estimate of drug-likeness (QED) is 0.582. The van der Waals surface area contributed by atoms with Gasteiger partial charge in [0, 0.05) is 13.0 Å². The Balaban J connectivity index is 2.46. The molecule has 0 fully saturated rings. The summed E-state index contributed by atoms with van der Waals surface area (Å²) >= 11 is 0. The Hall–Kier alpha value is -1.36. The third-order valence-corrected chi connectivity index (χ3v) is 1.58. The molecule has 0 radical (unpaired) electrons. The zero-order chi connectivity index (χ0) is 9.84. The zero-order valence-electron chi connectivity index (χ0n) is 7.10. The van der Waals surface area contributed by atoms with E-state index < -0.39 is 24.0 Å². The van der Waals surface area contributed by atoms with Gasteiger partial charge in [-0.2, -0.15) is 0 Å². The summed E-state index contributed by atoms with van der Waals surface area (Å²) in [6.45, 7) is 1.12. The summed E-state index contributed by atoms with van der Waals surface area (Å²) in [5.41, 5.74) is 0. The first kappa shape index (κ1) is 9.73. The summed E-state index contributed by atoms with van der Waals surface area (Å²) in [6.07, 6.45) is 0.281. The fourth-order valence-electron chi connectivity index (χ4n) is 0.893. The summed E-state index contributed by atoms with van der Waals surface area (Å²) in [7, 11) is 0. The van der Waals surface area contributed by atoms with E-state index in [9.17, 15) is 14.7 Å². The highest BCUT2D eigenvalue weighted by Gasteiger charge is 2.29. The summed E-state index contributed by atoms with van der Waals surface area (Å²) in [6, 6.07) is 0. The lowest BCUT2D eigenvalue weighted by molar-refractivity contribution is -0.150. The number of aliphatic hydroxyl groups is 1. The number of aliphatic hydroxyl groups excluding tert-OH is 1. The molecule has 5 heteroatoms. The monoisotopic (exact) mass is 186 g/mol. The van der Waals surface area contributed by atoms with Crippen LogP contribution in [0.1, 0.15) is 6.92 Å². The molecule has 72 valence electrons. The van der Waals surface area contributed by atoms with Crippen molar-refractivity contribution in [2.45, 2.75) is 19.1 Å². The smallest absolute Gasteiger partial charge is 0.302 e. The minimum absolute atomic E-state index is 0.118. The number of ketones is 1. The van der Waals surface area contributed by atoms with Gasteiger partial charge < -0.3 is 14.6 Å². The Morgan fingerprint density at radius 1 is 1.77 bits per heavy atom. The fraction of sp³-hybridized carbons (Fsp3) is 0.500. The van der Waals surface area contributed by atoms with Crippen molar-refractivity contribution in [3.63, 3.8) is 0 Å². The van der Waals surface area contributed by atoms with Crippen molar-refractivity contribution < 1.29 is 24.2 Å². The van der Waals surface area contributed by atoms with E-state index in [4.69, 9.17) is 4.74 Å². The molecule has 1 heterocycles. The number of carbonyl (C=O) groups excluding carboxylic acids is 2. The Kier molecular flexibility index (Phi) is 3.02. The summed E-state index contributed by atoms with van der Waals surface area (Å²) in [4.78, 5) is 21.3. The van der Waals surface area contributed by atoms with Crippen molar-refractivity contribution >= 4 is 11.8 Å². The first-order chi connectivity index (χ1) is 6.11. The molecule has 0 saturated carbocycles. The van der Waals surface area contributed by atoms with E-state index in [0.717, 1.165) is 6.08 Å². The Bertz CT molecular complexity index is 245. The fourth-order valence-corrected chi connectivity index (χ4v) is 0.893. The van der Waals surface area contributed by atoms with Crippen LogP contribution in [0, 0.1) is 0 Å². The number of rotatable bonds is 2. The third-order valence-electron chi connectivity index (χ3n) is 1.58. The van der Waals surface area contributed by atoms with Gasteiger partial charge in [0.25, 0.3) is 0 Å². The molecule has 1 N–H and O–H groups in total. The van der Waals surface area contributed by atoms with Crippen LogP contribution >= 0.6 is 0 Å². The number of ether oxygens (including phenoxy) is 2. The number of hydrogen-bond acceptors (Lipinski definition) is 5. The van der Waals surface area contributed by atoms with Crippen LogP contribution in [0.2, 0.25) is 0 Å². The van der Waals surface area contributed by atoms with Crippen LogP contribution in [-0.4, -0.2) is 35.7 Å². The Morgan fingerprint density at radius 2 is 2.46 bits per heavy atom. The minimum atomic E-state index is -1.25. The van der Waals surface area contributed by atoms with E-state index in [0.29, 0.717) is 0 Å². The molecule has 0 saturated heterocycles. The molecule has 1 rings (SSSR count). The molecule has 5 nitrogen and oxygen atoms in total. The van der Waals surface area contributed by atoms with Crippen molar-refractivity contribution in [1.82, 2.24) is 0 Å². The highest BCUT2D eigenvalue weighted by Crippen LogP contribution is 2.08. The van der Waals surface area contributed by atoms with Crippen LogP contribution in [0.5, 0.6) is 0 Å². The molecule has 0 aromatic heterocycles. The lowest BCUT2D eigenvalue weighted by Gasteiger charge is -2.22. The van der Waals surface area contributed by atoms with Gasteiger partial charge in [0.15, 0.2) is 18.0 Å². The molecule has 1 aliphatic heterocycles. The molecule has 2 atom stereocenters. The van der Waals surface area contributed by atoms with Crippen LogP contribution in [0.25, 0.3) is 0 Å². The molecular weight excluding hydrogens is 176 g/mol. The average Bonchev–Trinajstić information content (AvgIpc) is 2.07. The van der Waals surface area contributed by atoms with Gasteiger partial charge in [0.05, 0.1) is 6.26 Å². The third kappa shape index (κ3) is 2.55. The normalized spacial score (nSPS) is 26.8. The predicted octanol–water partition coefficient (Wildman–Crippen LogP) is -0.608. The van der Waals surface area contributed by atoms with E-state index in [2.05, 4.69) is 4.74 Å². The summed E-state index contributed by atoms with van der Waals surface area (Å²) in [5, 5.41) is 9.23. The van der Waals surface area contributed by atoms with Crippen molar-refractivity contribution in [2.24, 2.45) is 0 Å². The maximum atomic E-state index is 10.9. The highest BCUT2D eigenvalue weighted by atomic mass is 16.6. The maximum Gasteiger partial charge on any atom is 0.302 e. The largest absolute Gasteiger partial charge is 0.491 e. The van der Waals surface area contributed by atoms with Crippen molar-refractivity contribution in [1.29, 1.82) is 0 Å². The summed E-state index contributed by atoms with van der Waals surface area (Å²) < 4.78 is 9.47. The van der Waals surface area contributed by atoms with E-state index in [1.54, 1.807) is 0 Å². The van der Waals surface area contributed by atoms with E-state index in [-0.39, 0.29) is 6.61 Å². The van der Waals surface area contributed by atoms with Crippen molar-refractivity contribution in [3.05, 3.63) is 12.3 Å². The second-order valence-corrected chi connectivity index (χ2v) is 2.63. The molecule has 0 unspecified atom stereocenters. The van der Waals surface area contributed by atoms with Crippen LogP contribution in [0.3, 0.4) is 0 Å². The molecule has 1 aliphatic rings. The standard InChI is InChI=1S/C8H10O5/c1-5(9)13-4-7-8(11)6(10)2-3-12-7/h2-3,7-8,11H,4H2,1H3/t7-,8+/m1/s1. The van der Waals surface area contributed by atoms with E-state index in [1.807, 2.05) is 0 Å². The van der Waals surface area contributed by atoms with Gasteiger partial charge in [-0.05, 0) is 0 Å². The van der Waals surface area contributed by atoms with Crippen LogP contribution < -0.4 is 0 Å². The zero-order valence-corrected chi connectivity index (χ0v) is 7.10. The van der Waals surface area contributed by atoms with Gasteiger partial charge in [-0.15, -0.1) is 0 Å². The molecular formula is C8H10O5. The topological polar surface area (TPSA) is 72.8 Å². The molecule has 0 amide bonds. The second kappa shape index (κ2) is 4.04. The first-order valence-corrected chi connectivity index (χ1v) is 3.78. The first-order valence-electron chi connectivity index (χ1n) is 3.78. The SMILES string of the molecule is CC(=O)OC[C@H]1OC=CC(=O)[C@@H]1O. The predicted molar refractivity (Wildman–Crippen MR) is 41.7 cm³/mol. The van der Waals surface area contributed by atoms with Crippen LogP contribution in [0.4, 0.5) is 0 Å². The maximum absolute atomic E-state index is 10.9. The van der Waals surface area contributed by atoms with Gasteiger partial charge in [-0.1, -0.05) is 0 Å². The molecule has 0 aromatic carbocycles. The molecule has 13 heavy (non-hydrogen) atoms. The Morgan fingerprint density at radius 3 is 3.08 bits per heavy atom. The number of esters is 1. The number of carbonyl (C=O) groups is 2. The lowest BCUT2D eigenvalue weighted by Crippen LogP contribution is -2.40. The van der Waals surface area contributed by atoms with Crippen LogP contribution in [0.15, 0.2) is 12.3 Å². The van der Waals surface area contributed by atoms with Crippen molar-refractivity contribution in [2.75, 3.05) is 6.61 Å². The molecule has 0 bridgehead atoms. The summed E-state index contributed by atoms with van der Waals surface area (Å²) in [5.74, 6) is -0.916. The average molecular weight is 186 g/mol. The molecule has 0 aliphatic carbocycles. The van der Waals surface area contributed by atoms with Crippen molar-refractivity contribution in [3.8, 4) is 0 Å².